The summed E-state index contributed by atoms with van der Waals surface area (Å²) in [6.45, 7) is 11.4. The van der Waals surface area contributed by atoms with Crippen LogP contribution in [0.1, 0.15) is 79.1 Å². The van der Waals surface area contributed by atoms with Crippen molar-refractivity contribution in [3.05, 3.63) is 0 Å². The molecule has 1 saturated carbocycles. The number of ether oxygens (including phenoxy) is 1. The monoisotopic (exact) mass is 339 g/mol. The fourth-order valence-corrected chi connectivity index (χ4v) is 3.97. The van der Waals surface area contributed by atoms with E-state index in [0.29, 0.717) is 18.1 Å². The van der Waals surface area contributed by atoms with Crippen molar-refractivity contribution in [3.8, 4) is 0 Å². The lowest BCUT2D eigenvalue weighted by Gasteiger charge is -2.40. The number of esters is 1. The zero-order chi connectivity index (χ0) is 17.6. The summed E-state index contributed by atoms with van der Waals surface area (Å²) in [6.07, 6.45) is 9.16. The molecule has 0 aromatic carbocycles. The van der Waals surface area contributed by atoms with Crippen molar-refractivity contribution in [2.75, 3.05) is 19.7 Å². The molecular formula is C20H37NO3. The van der Waals surface area contributed by atoms with Gasteiger partial charge in [-0.1, -0.05) is 34.1 Å². The van der Waals surface area contributed by atoms with Gasteiger partial charge in [0.2, 0.25) is 0 Å². The van der Waals surface area contributed by atoms with Crippen LogP contribution in [-0.2, 0) is 14.4 Å². The van der Waals surface area contributed by atoms with Crippen LogP contribution in [0.4, 0.5) is 0 Å². The van der Waals surface area contributed by atoms with E-state index in [9.17, 15) is 4.79 Å². The number of rotatable bonds is 7. The Hall–Kier alpha value is -0.610. The number of hydrogen-bond acceptors (Lipinski definition) is 4. The van der Waals surface area contributed by atoms with Gasteiger partial charge in [0.25, 0.3) is 0 Å². The van der Waals surface area contributed by atoms with E-state index in [2.05, 4.69) is 25.8 Å². The van der Waals surface area contributed by atoms with Gasteiger partial charge < -0.3 is 4.74 Å². The summed E-state index contributed by atoms with van der Waals surface area (Å²) in [5.41, 5.74) is 0.460. The first-order valence-electron chi connectivity index (χ1n) is 10.0. The number of piperidine rings is 1. The Morgan fingerprint density at radius 2 is 1.67 bits per heavy atom. The first-order valence-corrected chi connectivity index (χ1v) is 10.0. The maximum Gasteiger partial charge on any atom is 0.309 e. The van der Waals surface area contributed by atoms with Crippen molar-refractivity contribution in [1.82, 2.24) is 5.06 Å². The fourth-order valence-electron chi connectivity index (χ4n) is 3.97. The van der Waals surface area contributed by atoms with Gasteiger partial charge in [0, 0.05) is 13.1 Å². The maximum absolute atomic E-state index is 11.9. The van der Waals surface area contributed by atoms with E-state index in [1.807, 2.05) is 6.92 Å². The van der Waals surface area contributed by atoms with Crippen LogP contribution in [0.3, 0.4) is 0 Å². The summed E-state index contributed by atoms with van der Waals surface area (Å²) in [5.74, 6) is 0.887. The van der Waals surface area contributed by atoms with E-state index in [-0.39, 0.29) is 11.9 Å². The average molecular weight is 340 g/mol. The van der Waals surface area contributed by atoms with Gasteiger partial charge in [-0.2, -0.15) is 5.06 Å². The molecule has 4 heteroatoms. The average Bonchev–Trinajstić information content (AvgIpc) is 2.60. The quantitative estimate of drug-likeness (QED) is 0.637. The maximum atomic E-state index is 11.9. The van der Waals surface area contributed by atoms with E-state index < -0.39 is 0 Å². The van der Waals surface area contributed by atoms with Crippen LogP contribution < -0.4 is 0 Å². The Labute approximate surface area is 148 Å². The minimum Gasteiger partial charge on any atom is -0.465 e. The van der Waals surface area contributed by atoms with Gasteiger partial charge >= 0.3 is 5.97 Å². The molecule has 2 aliphatic rings. The van der Waals surface area contributed by atoms with Gasteiger partial charge in [-0.15, -0.1) is 0 Å². The molecule has 0 radical (unpaired) electrons. The van der Waals surface area contributed by atoms with Crippen molar-refractivity contribution in [1.29, 1.82) is 0 Å². The van der Waals surface area contributed by atoms with Crippen molar-refractivity contribution < 1.29 is 14.4 Å². The third-order valence-corrected chi connectivity index (χ3v) is 6.22. The van der Waals surface area contributed by atoms with Crippen molar-refractivity contribution in [3.63, 3.8) is 0 Å². The molecule has 1 saturated heterocycles. The summed E-state index contributed by atoms with van der Waals surface area (Å²) < 4.78 is 5.27. The van der Waals surface area contributed by atoms with Gasteiger partial charge in [0.15, 0.2) is 0 Å². The lowest BCUT2D eigenvalue weighted by molar-refractivity contribution is -0.221. The summed E-state index contributed by atoms with van der Waals surface area (Å²) in [7, 11) is 0. The highest BCUT2D eigenvalue weighted by atomic mass is 16.7. The van der Waals surface area contributed by atoms with Gasteiger partial charge in [0.05, 0.1) is 18.6 Å². The highest BCUT2D eigenvalue weighted by molar-refractivity contribution is 5.72. The molecule has 0 N–H and O–H groups in total. The lowest BCUT2D eigenvalue weighted by atomic mass is 9.69. The summed E-state index contributed by atoms with van der Waals surface area (Å²) in [4.78, 5) is 18.1. The number of hydrogen-bond donors (Lipinski definition) is 0. The number of hydroxylamine groups is 2. The highest BCUT2D eigenvalue weighted by Crippen LogP contribution is 2.41. The van der Waals surface area contributed by atoms with Crippen molar-refractivity contribution >= 4 is 5.97 Å². The molecule has 0 aromatic rings. The number of carbonyl (C=O) groups is 1. The molecule has 0 unspecified atom stereocenters. The molecular weight excluding hydrogens is 302 g/mol. The van der Waals surface area contributed by atoms with Crippen LogP contribution >= 0.6 is 0 Å². The Balaban J connectivity index is 1.67. The van der Waals surface area contributed by atoms with E-state index in [1.165, 1.54) is 32.1 Å². The van der Waals surface area contributed by atoms with E-state index in [0.717, 1.165) is 38.3 Å². The molecule has 0 spiro atoms. The Bertz CT molecular complexity index is 380. The zero-order valence-electron chi connectivity index (χ0n) is 16.2. The van der Waals surface area contributed by atoms with Crippen LogP contribution in [0, 0.1) is 17.3 Å². The minimum atomic E-state index is -0.0150. The fraction of sp³-hybridized carbons (Fsp3) is 0.950. The van der Waals surface area contributed by atoms with Crippen molar-refractivity contribution in [2.24, 2.45) is 17.3 Å². The standard InChI is InChI=1S/C20H37NO3/c1-5-15-23-19(22)16-11-13-21(14-12-16)24-18-9-7-17(8-10-18)20(3,4)6-2/h16-18H,5-15H2,1-4H3/t17-,18-. The molecule has 1 heterocycles. The van der Waals surface area contributed by atoms with E-state index in [1.54, 1.807) is 0 Å². The number of nitrogens with zero attached hydrogens (tertiary/aromatic N) is 1. The molecule has 2 fully saturated rings. The minimum absolute atomic E-state index is 0.0150. The Morgan fingerprint density at radius 1 is 1.04 bits per heavy atom. The molecule has 1 aliphatic heterocycles. The van der Waals surface area contributed by atoms with E-state index in [4.69, 9.17) is 9.57 Å². The zero-order valence-corrected chi connectivity index (χ0v) is 16.2. The smallest absolute Gasteiger partial charge is 0.309 e. The first kappa shape index (κ1) is 19.7. The third-order valence-electron chi connectivity index (χ3n) is 6.22. The number of carbonyl (C=O) groups excluding carboxylic acids is 1. The molecule has 0 aromatic heterocycles. The predicted octanol–water partition coefficient (Wildman–Crippen LogP) is 4.58. The van der Waals surface area contributed by atoms with Crippen LogP contribution in [0.2, 0.25) is 0 Å². The van der Waals surface area contributed by atoms with Gasteiger partial charge in [-0.05, 0) is 56.3 Å². The molecule has 24 heavy (non-hydrogen) atoms. The second kappa shape index (κ2) is 9.19. The molecule has 0 atom stereocenters. The highest BCUT2D eigenvalue weighted by Gasteiger charge is 2.34. The molecule has 1 aliphatic carbocycles. The van der Waals surface area contributed by atoms with Crippen LogP contribution in [-0.4, -0.2) is 36.8 Å². The molecule has 0 bridgehead atoms. The van der Waals surface area contributed by atoms with Crippen molar-refractivity contribution in [2.45, 2.75) is 85.2 Å². The predicted molar refractivity (Wildman–Crippen MR) is 96.5 cm³/mol. The summed E-state index contributed by atoms with van der Waals surface area (Å²) in [5, 5.41) is 2.10. The first-order chi connectivity index (χ1) is 11.5. The second-order valence-corrected chi connectivity index (χ2v) is 8.29. The summed E-state index contributed by atoms with van der Waals surface area (Å²) in [6, 6.07) is 0. The third kappa shape index (κ3) is 5.45. The van der Waals surface area contributed by atoms with Gasteiger partial charge in [-0.3, -0.25) is 9.63 Å². The topological polar surface area (TPSA) is 38.8 Å². The largest absolute Gasteiger partial charge is 0.465 e. The van der Waals surface area contributed by atoms with Gasteiger partial charge in [-0.25, -0.2) is 0 Å². The molecule has 2 rings (SSSR count). The Morgan fingerprint density at radius 3 is 2.21 bits per heavy atom. The van der Waals surface area contributed by atoms with Crippen LogP contribution in [0.15, 0.2) is 0 Å². The molecule has 140 valence electrons. The molecule has 0 amide bonds. The summed E-state index contributed by atoms with van der Waals surface area (Å²) >= 11 is 0. The van der Waals surface area contributed by atoms with Crippen LogP contribution in [0.25, 0.3) is 0 Å². The Kier molecular flexibility index (Phi) is 7.55. The SMILES string of the molecule is CCCOC(=O)C1CCN(O[C@H]2CC[C@H](C(C)(C)CC)CC2)CC1. The van der Waals surface area contributed by atoms with Crippen LogP contribution in [0.5, 0.6) is 0 Å². The lowest BCUT2D eigenvalue weighted by Crippen LogP contribution is -2.40. The molecule has 4 nitrogen and oxygen atoms in total. The normalized spacial score (nSPS) is 27.2. The van der Waals surface area contributed by atoms with Gasteiger partial charge in [0.1, 0.15) is 0 Å². The second-order valence-electron chi connectivity index (χ2n) is 8.29. The van der Waals surface area contributed by atoms with E-state index >= 15 is 0 Å².